The number of carbonyl (C=O) groups excluding carboxylic acids is 1. The molecule has 1 heterocycles. The van der Waals surface area contributed by atoms with Crippen LogP contribution in [-0.4, -0.2) is 18.6 Å². The second kappa shape index (κ2) is 3.78. The first-order valence-electron chi connectivity index (χ1n) is 3.29. The summed E-state index contributed by atoms with van der Waals surface area (Å²) in [5.41, 5.74) is 0.134. The second-order valence-corrected chi connectivity index (χ2v) is 2.95. The highest BCUT2D eigenvalue weighted by Crippen LogP contribution is 2.13. The molecule has 1 radical (unpaired) electrons. The first-order valence-corrected chi connectivity index (χ1v) is 4.17. The molecule has 0 saturated heterocycles. The van der Waals surface area contributed by atoms with Gasteiger partial charge in [-0.3, -0.25) is 4.79 Å². The number of hydrogen-bond acceptors (Lipinski definition) is 2. The molecule has 0 aliphatic heterocycles. The molecule has 0 fully saturated rings. The summed E-state index contributed by atoms with van der Waals surface area (Å²) < 4.78 is 34.9. The Labute approximate surface area is 76.4 Å². The van der Waals surface area contributed by atoms with Crippen LogP contribution in [0, 0.1) is 5.38 Å². The number of thiophene rings is 1. The summed E-state index contributed by atoms with van der Waals surface area (Å²) in [4.78, 5) is 10.9. The van der Waals surface area contributed by atoms with Gasteiger partial charge in [-0.1, -0.05) is 0 Å². The number of amides is 1. The van der Waals surface area contributed by atoms with Gasteiger partial charge >= 0.3 is 6.18 Å². The monoisotopic (exact) mass is 208 g/mol. The van der Waals surface area contributed by atoms with Crippen LogP contribution in [0.25, 0.3) is 0 Å². The SMILES string of the molecule is O=C(NCC(F)(F)F)c1[c]scc1. The Morgan fingerprint density at radius 1 is 1.62 bits per heavy atom. The molecule has 0 spiro atoms. The molecule has 1 aromatic heterocycles. The molecular formula is C7H5F3NOS. The maximum atomic E-state index is 11.6. The summed E-state index contributed by atoms with van der Waals surface area (Å²) in [5, 5.41) is 5.84. The molecule has 1 amide bonds. The summed E-state index contributed by atoms with van der Waals surface area (Å²) in [6.07, 6.45) is -4.37. The predicted octanol–water partition coefficient (Wildman–Crippen LogP) is 1.84. The molecule has 0 aliphatic rings. The highest BCUT2D eigenvalue weighted by atomic mass is 32.1. The lowest BCUT2D eigenvalue weighted by Crippen LogP contribution is -2.33. The van der Waals surface area contributed by atoms with Crippen molar-refractivity contribution in [3.63, 3.8) is 0 Å². The van der Waals surface area contributed by atoms with Crippen molar-refractivity contribution in [3.05, 3.63) is 22.4 Å². The summed E-state index contributed by atoms with van der Waals surface area (Å²) in [5.74, 6) is -0.751. The minimum absolute atomic E-state index is 0.134. The number of alkyl halides is 3. The summed E-state index contributed by atoms with van der Waals surface area (Å²) in [7, 11) is 0. The maximum absolute atomic E-state index is 11.6. The van der Waals surface area contributed by atoms with E-state index in [9.17, 15) is 18.0 Å². The van der Waals surface area contributed by atoms with Gasteiger partial charge in [0.05, 0.1) is 10.9 Å². The van der Waals surface area contributed by atoms with Crippen LogP contribution < -0.4 is 5.32 Å². The number of nitrogens with one attached hydrogen (secondary N) is 1. The van der Waals surface area contributed by atoms with Gasteiger partial charge < -0.3 is 5.32 Å². The van der Waals surface area contributed by atoms with E-state index in [0.29, 0.717) is 0 Å². The Kier molecular flexibility index (Phi) is 2.92. The quantitative estimate of drug-likeness (QED) is 0.789. The molecule has 6 heteroatoms. The highest BCUT2D eigenvalue weighted by Gasteiger charge is 2.27. The van der Waals surface area contributed by atoms with Crippen molar-refractivity contribution in [3.8, 4) is 0 Å². The third-order valence-corrected chi connectivity index (χ3v) is 1.78. The molecule has 0 unspecified atom stereocenters. The lowest BCUT2D eigenvalue weighted by atomic mass is 10.3. The van der Waals surface area contributed by atoms with Crippen molar-refractivity contribution in [2.75, 3.05) is 6.54 Å². The van der Waals surface area contributed by atoms with E-state index in [-0.39, 0.29) is 5.56 Å². The number of carbonyl (C=O) groups is 1. The fourth-order valence-corrected chi connectivity index (χ4v) is 1.19. The van der Waals surface area contributed by atoms with E-state index < -0.39 is 18.6 Å². The van der Waals surface area contributed by atoms with Gasteiger partial charge in [0.15, 0.2) is 0 Å². The van der Waals surface area contributed by atoms with Gasteiger partial charge in [0.2, 0.25) is 0 Å². The second-order valence-electron chi connectivity index (χ2n) is 2.23. The van der Waals surface area contributed by atoms with Crippen molar-refractivity contribution in [2.45, 2.75) is 6.18 Å². The van der Waals surface area contributed by atoms with E-state index in [0.717, 1.165) is 11.3 Å². The largest absolute Gasteiger partial charge is 0.405 e. The smallest absolute Gasteiger partial charge is 0.343 e. The Bertz CT molecular complexity index is 280. The summed E-state index contributed by atoms with van der Waals surface area (Å²) in [6.45, 7) is -1.31. The third kappa shape index (κ3) is 3.45. The molecule has 13 heavy (non-hydrogen) atoms. The van der Waals surface area contributed by atoms with Gasteiger partial charge in [-0.25, -0.2) is 0 Å². The van der Waals surface area contributed by atoms with E-state index in [4.69, 9.17) is 0 Å². The van der Waals surface area contributed by atoms with Gasteiger partial charge in [-0.15, -0.1) is 11.3 Å². The zero-order chi connectivity index (χ0) is 9.90. The zero-order valence-corrected chi connectivity index (χ0v) is 7.13. The summed E-state index contributed by atoms with van der Waals surface area (Å²) >= 11 is 1.13. The fraction of sp³-hybridized carbons (Fsp3) is 0.286. The Morgan fingerprint density at radius 3 is 2.77 bits per heavy atom. The van der Waals surface area contributed by atoms with Crippen molar-refractivity contribution in [1.29, 1.82) is 0 Å². The molecule has 0 aromatic carbocycles. The molecule has 1 N–H and O–H groups in total. The van der Waals surface area contributed by atoms with E-state index in [1.54, 1.807) is 10.7 Å². The van der Waals surface area contributed by atoms with Crippen molar-refractivity contribution in [1.82, 2.24) is 5.32 Å². The molecule has 0 saturated carbocycles. The minimum atomic E-state index is -4.37. The van der Waals surface area contributed by atoms with Crippen LogP contribution in [0.3, 0.4) is 0 Å². The molecule has 0 aliphatic carbocycles. The molecule has 2 nitrogen and oxygen atoms in total. The van der Waals surface area contributed by atoms with Gasteiger partial charge in [0.25, 0.3) is 5.91 Å². The molecule has 1 rings (SSSR count). The van der Waals surface area contributed by atoms with Crippen LogP contribution in [0.2, 0.25) is 0 Å². The zero-order valence-electron chi connectivity index (χ0n) is 6.31. The van der Waals surface area contributed by atoms with Crippen molar-refractivity contribution >= 4 is 17.2 Å². The van der Waals surface area contributed by atoms with Crippen LogP contribution in [0.1, 0.15) is 10.4 Å². The Hall–Kier alpha value is -1.04. The average molecular weight is 208 g/mol. The first kappa shape index (κ1) is 10.0. The van der Waals surface area contributed by atoms with Gasteiger partial charge in [0.1, 0.15) is 6.54 Å². The van der Waals surface area contributed by atoms with Crippen LogP contribution in [0.4, 0.5) is 13.2 Å². The molecule has 0 atom stereocenters. The summed E-state index contributed by atoms with van der Waals surface area (Å²) in [6, 6.07) is 1.41. The Morgan fingerprint density at radius 2 is 2.31 bits per heavy atom. The number of rotatable bonds is 2. The van der Waals surface area contributed by atoms with Crippen LogP contribution in [-0.2, 0) is 0 Å². The molecule has 71 valence electrons. The average Bonchev–Trinajstić information content (AvgIpc) is 2.50. The van der Waals surface area contributed by atoms with Gasteiger partial charge in [-0.2, -0.15) is 13.2 Å². The Balaban J connectivity index is 2.44. The van der Waals surface area contributed by atoms with Crippen molar-refractivity contribution < 1.29 is 18.0 Å². The topological polar surface area (TPSA) is 29.1 Å². The highest BCUT2D eigenvalue weighted by molar-refractivity contribution is 7.07. The molecule has 1 aromatic rings. The van der Waals surface area contributed by atoms with E-state index in [1.807, 2.05) is 0 Å². The standard InChI is InChI=1S/C7H5F3NOS/c8-7(9,10)4-11-6(12)5-1-2-13-3-5/h1-2H,4H2,(H,11,12). The van der Waals surface area contributed by atoms with E-state index in [1.165, 1.54) is 6.07 Å². The first-order chi connectivity index (χ1) is 5.99. The van der Waals surface area contributed by atoms with Crippen LogP contribution in [0.5, 0.6) is 0 Å². The predicted molar refractivity (Wildman–Crippen MR) is 41.5 cm³/mol. The third-order valence-electron chi connectivity index (χ3n) is 1.17. The van der Waals surface area contributed by atoms with Crippen molar-refractivity contribution in [2.24, 2.45) is 0 Å². The van der Waals surface area contributed by atoms with Gasteiger partial charge in [0, 0.05) is 0 Å². The van der Waals surface area contributed by atoms with Crippen LogP contribution in [0.15, 0.2) is 11.4 Å². The number of hydrogen-bond donors (Lipinski definition) is 1. The van der Waals surface area contributed by atoms with Crippen LogP contribution >= 0.6 is 11.3 Å². The van der Waals surface area contributed by atoms with E-state index >= 15 is 0 Å². The lowest BCUT2D eigenvalue weighted by molar-refractivity contribution is -0.123. The molecular weight excluding hydrogens is 203 g/mol. The maximum Gasteiger partial charge on any atom is 0.405 e. The molecule has 0 bridgehead atoms. The van der Waals surface area contributed by atoms with Gasteiger partial charge in [-0.05, 0) is 11.4 Å². The number of halogens is 3. The normalized spacial score (nSPS) is 11.3. The minimum Gasteiger partial charge on any atom is -0.343 e. The van der Waals surface area contributed by atoms with E-state index in [2.05, 4.69) is 5.38 Å². The lowest BCUT2D eigenvalue weighted by Gasteiger charge is -2.06. The fourth-order valence-electron chi connectivity index (χ4n) is 0.631.